The van der Waals surface area contributed by atoms with E-state index in [9.17, 15) is 66.6 Å². The molecule has 1 aromatic rings. The normalized spacial score (nSPS) is 12.0. The lowest BCUT2D eigenvalue weighted by Gasteiger charge is -2.16. The van der Waals surface area contributed by atoms with Gasteiger partial charge in [-0.25, -0.2) is 13.2 Å². The first-order valence-corrected chi connectivity index (χ1v) is 32.5. The van der Waals surface area contributed by atoms with Crippen molar-refractivity contribution in [3.63, 3.8) is 0 Å². The largest absolute Gasteiger partial charge is 0.481 e. The fraction of sp³-hybridized carbons (Fsp3) is 0.738. The molecular formula is C61H100N4O19S. The first-order chi connectivity index (χ1) is 40.8. The number of ketones is 3. The van der Waals surface area contributed by atoms with E-state index in [0.717, 1.165) is 77.0 Å². The third kappa shape index (κ3) is 46.2. The second-order valence-electron chi connectivity index (χ2n) is 21.5. The van der Waals surface area contributed by atoms with Gasteiger partial charge in [0.15, 0.2) is 11.6 Å². The summed E-state index contributed by atoms with van der Waals surface area (Å²) in [5.41, 5.74) is 1.87. The number of carboxylic acids is 3. The second kappa shape index (κ2) is 50.5. The predicted molar refractivity (Wildman–Crippen MR) is 318 cm³/mol. The van der Waals surface area contributed by atoms with Crippen LogP contribution in [0.3, 0.4) is 0 Å². The van der Waals surface area contributed by atoms with Gasteiger partial charge < -0.3 is 50.2 Å². The number of unbranched alkanes of at least 4 members (excludes halogenated alkanes) is 15. The van der Waals surface area contributed by atoms with E-state index >= 15 is 0 Å². The van der Waals surface area contributed by atoms with Crippen molar-refractivity contribution in [2.45, 2.75) is 212 Å². The highest BCUT2D eigenvalue weighted by Gasteiger charge is 2.25. The van der Waals surface area contributed by atoms with E-state index in [-0.39, 0.29) is 134 Å². The minimum atomic E-state index is -3.89. The maximum Gasteiger partial charge on any atom is 0.326 e. The molecule has 0 radical (unpaired) electrons. The van der Waals surface area contributed by atoms with Gasteiger partial charge in [-0.15, -0.1) is 0 Å². The fourth-order valence-electron chi connectivity index (χ4n) is 8.91. The van der Waals surface area contributed by atoms with Crippen LogP contribution in [0.5, 0.6) is 0 Å². The first-order valence-electron chi connectivity index (χ1n) is 30.8. The molecule has 23 nitrogen and oxygen atoms in total. The Balaban J connectivity index is 2.08. The highest BCUT2D eigenvalue weighted by Crippen LogP contribution is 2.16. The Kier molecular flexibility index (Phi) is 45.9. The molecule has 1 rings (SSSR count). The monoisotopic (exact) mass is 1220 g/mol. The molecule has 0 aliphatic rings. The summed E-state index contributed by atoms with van der Waals surface area (Å²) < 4.78 is 48.2. The van der Waals surface area contributed by atoms with Crippen LogP contribution in [0.1, 0.15) is 215 Å². The van der Waals surface area contributed by atoms with Gasteiger partial charge >= 0.3 is 17.9 Å². The maximum absolute atomic E-state index is 12.6. The van der Waals surface area contributed by atoms with Gasteiger partial charge in [-0.2, -0.15) is 0 Å². The molecule has 0 spiro atoms. The molecule has 0 saturated carbocycles. The van der Waals surface area contributed by atoms with Crippen LogP contribution in [-0.2, 0) is 78.5 Å². The minimum Gasteiger partial charge on any atom is -0.481 e. The highest BCUT2D eigenvalue weighted by molar-refractivity contribution is 7.90. The molecule has 85 heavy (non-hydrogen) atoms. The zero-order valence-electron chi connectivity index (χ0n) is 50.4. The molecule has 0 heterocycles. The molecule has 484 valence electrons. The molecule has 0 aromatic heterocycles. The molecule has 4 amide bonds. The van der Waals surface area contributed by atoms with Gasteiger partial charge in [-0.3, -0.25) is 47.9 Å². The van der Waals surface area contributed by atoms with Crippen molar-refractivity contribution in [1.29, 1.82) is 0 Å². The van der Waals surface area contributed by atoms with Crippen LogP contribution in [0.15, 0.2) is 24.3 Å². The molecule has 24 heteroatoms. The van der Waals surface area contributed by atoms with Crippen LogP contribution < -0.4 is 20.7 Å². The number of aryl methyl sites for hydroxylation is 1. The van der Waals surface area contributed by atoms with Gasteiger partial charge in [0, 0.05) is 76.6 Å². The SMILES string of the molecule is CCCCCc1ccc(C(=O)CCCNC(=O)COCCOCCCC(=O)CCC(NC(=O)CC[C@H](CC(=O)COCCOCCNC(=O)CCCS(=O)(=O)NC(=O)CCCCCCCCCCCCCCCCC(=O)O)C(=O)O)C(=O)O)cc1. The van der Waals surface area contributed by atoms with Crippen molar-refractivity contribution in [2.75, 3.05) is 71.7 Å². The fourth-order valence-corrected chi connectivity index (χ4v) is 9.98. The van der Waals surface area contributed by atoms with Crippen LogP contribution in [0.2, 0.25) is 0 Å². The molecule has 0 fully saturated rings. The Morgan fingerprint density at radius 3 is 1.64 bits per heavy atom. The number of rotatable bonds is 59. The standard InChI is InChI=1S/C61H100N4O19S/c1-2-3-16-22-48-28-30-49(31-29-48)54(68)24-19-36-62-58(72)47-84-43-40-81-38-20-23-51(66)33-34-53(61(77)78)64-56(70)35-32-50(60(75)76)45-52(67)46-83-42-41-82-39-37-63-55(69)26-21-44-85(79,80)65-57(71)25-17-14-12-10-8-6-4-5-7-9-11-13-15-18-27-59(73)74/h28-31,50,53H,2-27,32-47H2,1H3,(H,62,72)(H,63,69)(H,64,70)(H,65,71)(H,73,74)(H,75,76)(H,77,78)/t50-,53?/m1/s1. The summed E-state index contributed by atoms with van der Waals surface area (Å²) in [6, 6.07) is 6.29. The lowest BCUT2D eigenvalue weighted by atomic mass is 9.97. The lowest BCUT2D eigenvalue weighted by Crippen LogP contribution is -2.41. The lowest BCUT2D eigenvalue weighted by molar-refractivity contribution is -0.145. The first kappa shape index (κ1) is 77.3. The summed E-state index contributed by atoms with van der Waals surface area (Å²) in [6.45, 7) is 2.64. The van der Waals surface area contributed by atoms with Crippen molar-refractivity contribution < 1.29 is 90.6 Å². The number of ether oxygens (including phenoxy) is 4. The van der Waals surface area contributed by atoms with E-state index in [4.69, 9.17) is 24.1 Å². The summed E-state index contributed by atoms with van der Waals surface area (Å²) in [7, 11) is -3.89. The second-order valence-corrected chi connectivity index (χ2v) is 23.3. The molecule has 0 aliphatic heterocycles. The van der Waals surface area contributed by atoms with Crippen LogP contribution in [0, 0.1) is 5.92 Å². The molecule has 1 unspecified atom stereocenters. The number of carboxylic acid groups (broad SMARTS) is 3. The maximum atomic E-state index is 12.6. The van der Waals surface area contributed by atoms with Gasteiger partial charge in [-0.05, 0) is 63.4 Å². The van der Waals surface area contributed by atoms with E-state index in [1.165, 1.54) is 37.7 Å². The molecule has 0 bridgehead atoms. The Morgan fingerprint density at radius 1 is 0.471 bits per heavy atom. The van der Waals surface area contributed by atoms with E-state index < -0.39 is 76.4 Å². The summed E-state index contributed by atoms with van der Waals surface area (Å²) >= 11 is 0. The number of hydrogen-bond donors (Lipinski definition) is 7. The highest BCUT2D eigenvalue weighted by atomic mass is 32.2. The molecule has 7 N–H and O–H groups in total. The molecule has 0 saturated heterocycles. The van der Waals surface area contributed by atoms with Gasteiger partial charge in [-0.1, -0.05) is 121 Å². The van der Waals surface area contributed by atoms with Gasteiger partial charge in [0.1, 0.15) is 25.0 Å². The van der Waals surface area contributed by atoms with Crippen LogP contribution in [0.25, 0.3) is 0 Å². The van der Waals surface area contributed by atoms with E-state index in [1.54, 1.807) is 0 Å². The van der Waals surface area contributed by atoms with Crippen molar-refractivity contribution in [1.82, 2.24) is 20.7 Å². The number of Topliss-reactive ketones (excluding diaryl/α,β-unsaturated/α-hetero) is 3. The van der Waals surface area contributed by atoms with Crippen molar-refractivity contribution in [3.05, 3.63) is 35.4 Å². The molecule has 0 aliphatic carbocycles. The Bertz CT molecular complexity index is 2210. The average Bonchev–Trinajstić information content (AvgIpc) is 3.59. The Morgan fingerprint density at radius 2 is 1.04 bits per heavy atom. The smallest absolute Gasteiger partial charge is 0.326 e. The summed E-state index contributed by atoms with van der Waals surface area (Å²) in [4.78, 5) is 121. The Labute approximate surface area is 503 Å². The average molecular weight is 1230 g/mol. The van der Waals surface area contributed by atoms with Gasteiger partial charge in [0.05, 0.1) is 44.7 Å². The quantitative estimate of drug-likeness (QED) is 0.0247. The number of sulfonamides is 1. The number of carbonyl (C=O) groups is 10. The van der Waals surface area contributed by atoms with E-state index in [0.29, 0.717) is 37.8 Å². The number of carbonyl (C=O) groups excluding carboxylic acids is 7. The van der Waals surface area contributed by atoms with Crippen LogP contribution in [-0.4, -0.2) is 160 Å². The topological polar surface area (TPSA) is 351 Å². The zero-order chi connectivity index (χ0) is 62.8. The number of benzene rings is 1. The zero-order valence-corrected chi connectivity index (χ0v) is 51.3. The number of aliphatic carboxylic acids is 3. The molecular weight excluding hydrogens is 1120 g/mol. The van der Waals surface area contributed by atoms with Gasteiger partial charge in [0.2, 0.25) is 33.7 Å². The van der Waals surface area contributed by atoms with E-state index in [1.807, 2.05) is 24.3 Å². The molecule has 2 atom stereocenters. The Hall–Kier alpha value is -5.69. The summed E-state index contributed by atoms with van der Waals surface area (Å²) in [5.74, 6) is -7.89. The molecule has 1 aromatic carbocycles. The van der Waals surface area contributed by atoms with E-state index in [2.05, 4.69) is 27.6 Å². The summed E-state index contributed by atoms with van der Waals surface area (Å²) in [6.07, 6.45) is 19.1. The third-order valence-corrected chi connectivity index (χ3v) is 15.2. The van der Waals surface area contributed by atoms with Crippen molar-refractivity contribution in [2.24, 2.45) is 5.92 Å². The third-order valence-electron chi connectivity index (χ3n) is 13.8. The van der Waals surface area contributed by atoms with Crippen LogP contribution in [0.4, 0.5) is 0 Å². The number of amides is 4. The minimum absolute atomic E-state index is 0.00605. The van der Waals surface area contributed by atoms with Crippen molar-refractivity contribution >= 4 is 68.9 Å². The van der Waals surface area contributed by atoms with Gasteiger partial charge in [0.25, 0.3) is 0 Å². The predicted octanol–water partition coefficient (Wildman–Crippen LogP) is 7.37. The number of nitrogens with one attached hydrogen (secondary N) is 4. The van der Waals surface area contributed by atoms with Crippen LogP contribution >= 0.6 is 0 Å². The van der Waals surface area contributed by atoms with Crippen molar-refractivity contribution in [3.8, 4) is 0 Å². The summed E-state index contributed by atoms with van der Waals surface area (Å²) in [5, 5.41) is 35.6. The number of hydrogen-bond acceptors (Lipinski definition) is 16.